The molecule has 1 aromatic rings. The van der Waals surface area contributed by atoms with Crippen molar-refractivity contribution >= 4 is 40.7 Å². The third kappa shape index (κ3) is 3.00. The molecule has 0 bridgehead atoms. The molecule has 1 saturated heterocycles. The van der Waals surface area contributed by atoms with Crippen LogP contribution in [-0.4, -0.2) is 29.3 Å². The Morgan fingerprint density at radius 2 is 2.15 bits per heavy atom. The number of halogens is 2. The van der Waals surface area contributed by atoms with E-state index in [2.05, 4.69) is 10.6 Å². The first-order valence-corrected chi connectivity index (χ1v) is 6.35. The van der Waals surface area contributed by atoms with Crippen molar-refractivity contribution in [3.63, 3.8) is 0 Å². The molecule has 0 saturated carbocycles. The summed E-state index contributed by atoms with van der Waals surface area (Å²) >= 11 is 11.6. The van der Waals surface area contributed by atoms with Crippen molar-refractivity contribution in [3.05, 3.63) is 37.9 Å². The normalized spacial score (nSPS) is 17.7. The van der Waals surface area contributed by atoms with Crippen molar-refractivity contribution in [3.8, 4) is 0 Å². The van der Waals surface area contributed by atoms with Gasteiger partial charge in [0.15, 0.2) is 0 Å². The molecule has 7 nitrogen and oxygen atoms in total. The summed E-state index contributed by atoms with van der Waals surface area (Å²) in [5.74, 6) is -0.777. The number of rotatable bonds is 3. The fourth-order valence-electron chi connectivity index (χ4n) is 1.82. The van der Waals surface area contributed by atoms with Crippen LogP contribution in [0.5, 0.6) is 0 Å². The van der Waals surface area contributed by atoms with Gasteiger partial charge in [-0.15, -0.1) is 0 Å². The van der Waals surface area contributed by atoms with E-state index in [0.717, 1.165) is 12.1 Å². The largest absolute Gasteiger partial charge is 0.354 e. The van der Waals surface area contributed by atoms with E-state index in [1.54, 1.807) is 0 Å². The molecule has 1 aromatic carbocycles. The first-order chi connectivity index (χ1) is 9.38. The fraction of sp³-hybridized carbons (Fsp3) is 0.273. The molecular formula is C11H9Cl2N3O4. The summed E-state index contributed by atoms with van der Waals surface area (Å²) in [5.41, 5.74) is -0.421. The minimum Gasteiger partial charge on any atom is -0.354 e. The second kappa shape index (κ2) is 5.64. The van der Waals surface area contributed by atoms with Gasteiger partial charge in [-0.2, -0.15) is 0 Å². The Hall–Kier alpha value is -1.86. The molecule has 106 valence electrons. The van der Waals surface area contributed by atoms with Gasteiger partial charge in [-0.05, 0) is 0 Å². The standard InChI is InChI=1S/C11H9Cl2N3O4/c12-8-3-6(16(19)20)2-7(10(8)13)11(18)15-5-1-9(17)14-4-5/h2-3,5H,1,4H2,(H,14,17)(H,15,18). The molecule has 20 heavy (non-hydrogen) atoms. The van der Waals surface area contributed by atoms with Crippen molar-refractivity contribution < 1.29 is 14.5 Å². The summed E-state index contributed by atoms with van der Waals surface area (Å²) in [6, 6.07) is 1.75. The van der Waals surface area contributed by atoms with E-state index in [-0.39, 0.29) is 39.7 Å². The summed E-state index contributed by atoms with van der Waals surface area (Å²) in [5, 5.41) is 15.7. The number of non-ortho nitro benzene ring substituents is 1. The van der Waals surface area contributed by atoms with Crippen LogP contribution in [0.1, 0.15) is 16.8 Å². The second-order valence-corrected chi connectivity index (χ2v) is 5.01. The monoisotopic (exact) mass is 317 g/mol. The Morgan fingerprint density at radius 3 is 2.70 bits per heavy atom. The maximum atomic E-state index is 12.0. The van der Waals surface area contributed by atoms with Crippen LogP contribution < -0.4 is 10.6 Å². The number of nitrogens with one attached hydrogen (secondary N) is 2. The number of hydrogen-bond donors (Lipinski definition) is 2. The lowest BCUT2D eigenvalue weighted by Crippen LogP contribution is -2.36. The predicted molar refractivity (Wildman–Crippen MR) is 72.0 cm³/mol. The number of carbonyl (C=O) groups is 2. The lowest BCUT2D eigenvalue weighted by molar-refractivity contribution is -0.384. The zero-order chi connectivity index (χ0) is 14.9. The van der Waals surface area contributed by atoms with Crippen molar-refractivity contribution in [2.75, 3.05) is 6.54 Å². The van der Waals surface area contributed by atoms with E-state index in [0.29, 0.717) is 6.54 Å². The van der Waals surface area contributed by atoms with Gasteiger partial charge in [0.25, 0.3) is 11.6 Å². The summed E-state index contributed by atoms with van der Waals surface area (Å²) in [6.07, 6.45) is 0.159. The quantitative estimate of drug-likeness (QED) is 0.651. The molecule has 1 heterocycles. The molecule has 2 amide bonds. The average Bonchev–Trinajstić information content (AvgIpc) is 2.77. The Kier molecular flexibility index (Phi) is 4.10. The first-order valence-electron chi connectivity index (χ1n) is 5.59. The van der Waals surface area contributed by atoms with Gasteiger partial charge >= 0.3 is 0 Å². The van der Waals surface area contributed by atoms with Crippen molar-refractivity contribution in [2.24, 2.45) is 0 Å². The Labute approximate surface area is 123 Å². The minimum absolute atomic E-state index is 0.0629. The smallest absolute Gasteiger partial charge is 0.271 e. The van der Waals surface area contributed by atoms with Crippen LogP contribution in [0, 0.1) is 10.1 Å². The number of nitro groups is 1. The third-order valence-corrected chi connectivity index (χ3v) is 3.58. The highest BCUT2D eigenvalue weighted by Crippen LogP contribution is 2.30. The van der Waals surface area contributed by atoms with E-state index < -0.39 is 10.8 Å². The van der Waals surface area contributed by atoms with E-state index in [9.17, 15) is 19.7 Å². The molecule has 2 N–H and O–H groups in total. The van der Waals surface area contributed by atoms with Gasteiger partial charge in [-0.1, -0.05) is 23.2 Å². The molecule has 1 fully saturated rings. The van der Waals surface area contributed by atoms with E-state index in [1.807, 2.05) is 0 Å². The highest BCUT2D eigenvalue weighted by atomic mass is 35.5. The molecular weight excluding hydrogens is 309 g/mol. The average molecular weight is 318 g/mol. The maximum absolute atomic E-state index is 12.0. The molecule has 0 aliphatic carbocycles. The van der Waals surface area contributed by atoms with Crippen LogP contribution in [0.2, 0.25) is 10.0 Å². The highest BCUT2D eigenvalue weighted by Gasteiger charge is 2.26. The van der Waals surface area contributed by atoms with Crippen LogP contribution in [-0.2, 0) is 4.79 Å². The second-order valence-electron chi connectivity index (χ2n) is 4.22. The van der Waals surface area contributed by atoms with Crippen molar-refractivity contribution in [1.29, 1.82) is 0 Å². The Bertz CT molecular complexity index is 606. The lowest BCUT2D eigenvalue weighted by Gasteiger charge is -2.11. The van der Waals surface area contributed by atoms with Crippen molar-refractivity contribution in [1.82, 2.24) is 10.6 Å². The number of hydrogen-bond acceptors (Lipinski definition) is 4. The molecule has 1 aliphatic rings. The molecule has 0 aromatic heterocycles. The van der Waals surface area contributed by atoms with Crippen LogP contribution in [0.4, 0.5) is 5.69 Å². The van der Waals surface area contributed by atoms with E-state index in [1.165, 1.54) is 0 Å². The van der Waals surface area contributed by atoms with E-state index in [4.69, 9.17) is 23.2 Å². The molecule has 0 radical (unpaired) electrons. The van der Waals surface area contributed by atoms with Crippen LogP contribution in [0.15, 0.2) is 12.1 Å². The zero-order valence-corrected chi connectivity index (χ0v) is 11.5. The minimum atomic E-state index is -0.667. The van der Waals surface area contributed by atoms with Gasteiger partial charge in [0.05, 0.1) is 26.6 Å². The lowest BCUT2D eigenvalue weighted by atomic mass is 10.1. The van der Waals surface area contributed by atoms with Gasteiger partial charge in [0, 0.05) is 25.1 Å². The third-order valence-electron chi connectivity index (χ3n) is 2.78. The zero-order valence-electron chi connectivity index (χ0n) is 9.98. The number of nitro benzene ring substituents is 1. The highest BCUT2D eigenvalue weighted by molar-refractivity contribution is 6.44. The van der Waals surface area contributed by atoms with Gasteiger partial charge < -0.3 is 10.6 Å². The molecule has 0 spiro atoms. The first kappa shape index (κ1) is 14.5. The van der Waals surface area contributed by atoms with Gasteiger partial charge in [-0.25, -0.2) is 0 Å². The topological polar surface area (TPSA) is 101 Å². The molecule has 1 aliphatic heterocycles. The van der Waals surface area contributed by atoms with Crippen molar-refractivity contribution in [2.45, 2.75) is 12.5 Å². The fourth-order valence-corrected chi connectivity index (χ4v) is 2.22. The summed E-state index contributed by atoms with van der Waals surface area (Å²) < 4.78 is 0. The Balaban J connectivity index is 2.24. The summed E-state index contributed by atoms with van der Waals surface area (Å²) in [6.45, 7) is 0.310. The van der Waals surface area contributed by atoms with Crippen LogP contribution in [0.3, 0.4) is 0 Å². The summed E-state index contributed by atoms with van der Waals surface area (Å²) in [4.78, 5) is 33.2. The number of carbonyl (C=O) groups excluding carboxylic acids is 2. The van der Waals surface area contributed by atoms with Gasteiger partial charge in [0.1, 0.15) is 0 Å². The predicted octanol–water partition coefficient (Wildman–Crippen LogP) is 1.52. The van der Waals surface area contributed by atoms with Crippen LogP contribution >= 0.6 is 23.2 Å². The molecule has 9 heteroatoms. The molecule has 2 rings (SSSR count). The van der Waals surface area contributed by atoms with Gasteiger partial charge in [0.2, 0.25) is 5.91 Å². The number of amides is 2. The maximum Gasteiger partial charge on any atom is 0.271 e. The molecule has 1 atom stereocenters. The summed E-state index contributed by atoms with van der Waals surface area (Å²) in [7, 11) is 0. The van der Waals surface area contributed by atoms with Crippen LogP contribution in [0.25, 0.3) is 0 Å². The number of nitrogens with zero attached hydrogens (tertiary/aromatic N) is 1. The van der Waals surface area contributed by atoms with E-state index >= 15 is 0 Å². The number of benzene rings is 1. The molecule has 1 unspecified atom stereocenters. The van der Waals surface area contributed by atoms with Gasteiger partial charge in [-0.3, -0.25) is 19.7 Å². The Morgan fingerprint density at radius 1 is 1.45 bits per heavy atom. The SMILES string of the molecule is O=C1CC(NC(=O)c2cc([N+](=O)[O-])cc(Cl)c2Cl)CN1.